The lowest BCUT2D eigenvalue weighted by atomic mass is 9.49. The van der Waals surface area contributed by atoms with E-state index < -0.39 is 0 Å². The van der Waals surface area contributed by atoms with Gasteiger partial charge in [0.05, 0.1) is 16.8 Å². The lowest BCUT2D eigenvalue weighted by Crippen LogP contribution is -2.51. The number of carbonyl (C=O) groups excluding carboxylic acids is 2. The van der Waals surface area contributed by atoms with Crippen LogP contribution in [0.25, 0.3) is 0 Å². The first-order valence-electron chi connectivity index (χ1n) is 10.4. The Balaban J connectivity index is 1.35. The van der Waals surface area contributed by atoms with E-state index in [0.29, 0.717) is 16.9 Å². The van der Waals surface area contributed by atoms with E-state index >= 15 is 0 Å². The second-order valence-electron chi connectivity index (χ2n) is 9.02. The minimum atomic E-state index is -0.203. The molecule has 4 aliphatic rings. The van der Waals surface area contributed by atoms with Crippen LogP contribution in [0.5, 0.6) is 0 Å². The Morgan fingerprint density at radius 3 is 1.79 bits per heavy atom. The summed E-state index contributed by atoms with van der Waals surface area (Å²) >= 11 is 0. The molecule has 2 aromatic rings. The van der Waals surface area contributed by atoms with Crippen LogP contribution in [0.4, 0.5) is 11.4 Å². The second kappa shape index (κ2) is 6.77. The van der Waals surface area contributed by atoms with E-state index in [1.807, 2.05) is 42.5 Å². The van der Waals surface area contributed by atoms with Gasteiger partial charge in [-0.15, -0.1) is 0 Å². The Kier molecular flexibility index (Phi) is 4.22. The number of hydrogen-bond donors (Lipinski definition) is 2. The van der Waals surface area contributed by atoms with Gasteiger partial charge in [0.15, 0.2) is 0 Å². The molecule has 2 N–H and O–H groups in total. The van der Waals surface area contributed by atoms with Crippen LogP contribution < -0.4 is 10.6 Å². The third-order valence-corrected chi connectivity index (χ3v) is 6.98. The Morgan fingerprint density at radius 2 is 1.21 bits per heavy atom. The maximum Gasteiger partial charge on any atom is 0.255 e. The van der Waals surface area contributed by atoms with Gasteiger partial charge in [0.2, 0.25) is 5.91 Å². The quantitative estimate of drug-likeness (QED) is 0.783. The smallest absolute Gasteiger partial charge is 0.255 e. The van der Waals surface area contributed by atoms with Gasteiger partial charge in [-0.25, -0.2) is 0 Å². The van der Waals surface area contributed by atoms with Crippen molar-refractivity contribution in [2.24, 2.45) is 23.2 Å². The summed E-state index contributed by atoms with van der Waals surface area (Å²) in [6, 6.07) is 16.6. The van der Waals surface area contributed by atoms with Gasteiger partial charge in [-0.2, -0.15) is 0 Å². The van der Waals surface area contributed by atoms with Gasteiger partial charge >= 0.3 is 0 Å². The summed E-state index contributed by atoms with van der Waals surface area (Å²) in [6.45, 7) is 0. The first-order chi connectivity index (χ1) is 13.6. The van der Waals surface area contributed by atoms with Crippen LogP contribution in [0.2, 0.25) is 0 Å². The number of anilines is 2. The van der Waals surface area contributed by atoms with E-state index in [1.165, 1.54) is 19.3 Å². The highest BCUT2D eigenvalue weighted by molar-refractivity contribution is 6.07. The SMILES string of the molecule is O=C(Nc1ccccc1NC(=O)C12CC3CC(CC(C3)C1)C2)c1ccccc1. The summed E-state index contributed by atoms with van der Waals surface area (Å²) in [5.74, 6) is 2.16. The summed E-state index contributed by atoms with van der Waals surface area (Å²) in [5, 5.41) is 6.12. The van der Waals surface area contributed by atoms with E-state index in [0.717, 1.165) is 37.0 Å². The average molecular weight is 374 g/mol. The van der Waals surface area contributed by atoms with Crippen molar-refractivity contribution in [3.05, 3.63) is 60.2 Å². The fourth-order valence-electron chi connectivity index (χ4n) is 6.13. The standard InChI is InChI=1S/C24H26N2O2/c27-22(19-6-2-1-3-7-19)25-20-8-4-5-9-21(20)26-23(28)24-13-16-10-17(14-24)12-18(11-16)15-24/h1-9,16-18H,10-15H2,(H,25,27)(H,26,28). The molecular weight excluding hydrogens is 348 g/mol. The number of benzene rings is 2. The third-order valence-electron chi connectivity index (χ3n) is 6.98. The van der Waals surface area contributed by atoms with Gasteiger partial charge in [-0.1, -0.05) is 30.3 Å². The number of rotatable bonds is 4. The van der Waals surface area contributed by atoms with Crippen molar-refractivity contribution in [2.45, 2.75) is 38.5 Å². The Labute approximate surface area is 165 Å². The van der Waals surface area contributed by atoms with Gasteiger partial charge in [0.25, 0.3) is 5.91 Å². The van der Waals surface area contributed by atoms with Gasteiger partial charge in [0, 0.05) is 5.56 Å². The molecule has 0 atom stereocenters. The molecule has 4 saturated carbocycles. The number of nitrogens with one attached hydrogen (secondary N) is 2. The Morgan fingerprint density at radius 1 is 0.714 bits per heavy atom. The Hall–Kier alpha value is -2.62. The van der Waals surface area contributed by atoms with E-state index in [9.17, 15) is 9.59 Å². The normalized spacial score (nSPS) is 30.1. The zero-order chi connectivity index (χ0) is 19.1. The zero-order valence-electron chi connectivity index (χ0n) is 16.0. The minimum absolute atomic E-state index is 0.146. The highest BCUT2D eigenvalue weighted by atomic mass is 16.2. The highest BCUT2D eigenvalue weighted by Crippen LogP contribution is 2.60. The zero-order valence-corrected chi connectivity index (χ0v) is 16.0. The first-order valence-corrected chi connectivity index (χ1v) is 10.4. The summed E-state index contributed by atoms with van der Waals surface area (Å²) in [7, 11) is 0. The summed E-state index contributed by atoms with van der Waals surface area (Å²) in [6.07, 6.45) is 7.04. The molecule has 2 amide bonds. The van der Waals surface area contributed by atoms with E-state index in [4.69, 9.17) is 0 Å². The van der Waals surface area contributed by atoms with Crippen molar-refractivity contribution in [1.82, 2.24) is 0 Å². The van der Waals surface area contributed by atoms with Gasteiger partial charge in [-0.3, -0.25) is 9.59 Å². The molecule has 4 bridgehead atoms. The molecule has 0 spiro atoms. The number of carbonyl (C=O) groups is 2. The number of amides is 2. The molecule has 4 heteroatoms. The van der Waals surface area contributed by atoms with E-state index in [1.54, 1.807) is 12.1 Å². The summed E-state index contributed by atoms with van der Waals surface area (Å²) in [4.78, 5) is 25.9. The molecule has 0 aliphatic heterocycles. The predicted octanol–water partition coefficient (Wildman–Crippen LogP) is 5.09. The average Bonchev–Trinajstić information content (AvgIpc) is 2.69. The van der Waals surface area contributed by atoms with Gasteiger partial charge in [-0.05, 0) is 80.5 Å². The molecule has 28 heavy (non-hydrogen) atoms. The maximum absolute atomic E-state index is 13.4. The fraction of sp³-hybridized carbons (Fsp3) is 0.417. The van der Waals surface area contributed by atoms with Crippen molar-refractivity contribution < 1.29 is 9.59 Å². The molecule has 4 fully saturated rings. The second-order valence-corrected chi connectivity index (χ2v) is 9.02. The van der Waals surface area contributed by atoms with Crippen LogP contribution in [0.15, 0.2) is 54.6 Å². The Bertz CT molecular complexity index is 871. The van der Waals surface area contributed by atoms with Crippen LogP contribution in [-0.2, 0) is 4.79 Å². The van der Waals surface area contributed by atoms with Crippen LogP contribution in [-0.4, -0.2) is 11.8 Å². The van der Waals surface area contributed by atoms with Crippen molar-refractivity contribution in [3.8, 4) is 0 Å². The summed E-state index contributed by atoms with van der Waals surface area (Å²) in [5.41, 5.74) is 1.73. The molecule has 0 unspecified atom stereocenters. The van der Waals surface area contributed by atoms with Crippen LogP contribution in [0.3, 0.4) is 0 Å². The van der Waals surface area contributed by atoms with Crippen molar-refractivity contribution in [2.75, 3.05) is 10.6 Å². The van der Waals surface area contributed by atoms with Gasteiger partial charge in [0.1, 0.15) is 0 Å². The molecule has 6 rings (SSSR count). The molecule has 0 saturated heterocycles. The maximum atomic E-state index is 13.4. The minimum Gasteiger partial charge on any atom is -0.324 e. The van der Waals surface area contributed by atoms with Crippen molar-refractivity contribution in [3.63, 3.8) is 0 Å². The molecule has 0 radical (unpaired) electrons. The van der Waals surface area contributed by atoms with Crippen LogP contribution >= 0.6 is 0 Å². The first kappa shape index (κ1) is 17.5. The molecule has 4 aliphatic carbocycles. The third kappa shape index (κ3) is 3.11. The monoisotopic (exact) mass is 374 g/mol. The predicted molar refractivity (Wildman–Crippen MR) is 110 cm³/mol. The molecule has 2 aromatic carbocycles. The topological polar surface area (TPSA) is 58.2 Å². The molecule has 4 nitrogen and oxygen atoms in total. The fourth-order valence-corrected chi connectivity index (χ4v) is 6.13. The van der Waals surface area contributed by atoms with Gasteiger partial charge < -0.3 is 10.6 Å². The number of para-hydroxylation sites is 2. The molecule has 0 heterocycles. The van der Waals surface area contributed by atoms with E-state index in [2.05, 4.69) is 10.6 Å². The highest BCUT2D eigenvalue weighted by Gasteiger charge is 2.54. The van der Waals surface area contributed by atoms with E-state index in [-0.39, 0.29) is 17.2 Å². The number of hydrogen-bond acceptors (Lipinski definition) is 2. The summed E-state index contributed by atoms with van der Waals surface area (Å²) < 4.78 is 0. The van der Waals surface area contributed by atoms with Crippen LogP contribution in [0.1, 0.15) is 48.9 Å². The molecule has 0 aromatic heterocycles. The molecular formula is C24H26N2O2. The van der Waals surface area contributed by atoms with Crippen molar-refractivity contribution >= 4 is 23.2 Å². The largest absolute Gasteiger partial charge is 0.324 e. The molecule has 144 valence electrons. The lowest BCUT2D eigenvalue weighted by molar-refractivity contribution is -0.140. The van der Waals surface area contributed by atoms with Crippen LogP contribution in [0, 0.1) is 23.2 Å². The van der Waals surface area contributed by atoms with Crippen molar-refractivity contribution in [1.29, 1.82) is 0 Å². The lowest BCUT2D eigenvalue weighted by Gasteiger charge is -2.55.